The second-order valence-electron chi connectivity index (χ2n) is 3.88. The maximum Gasteiger partial charge on any atom is 0.240 e. The van der Waals surface area contributed by atoms with Crippen LogP contribution in [0.3, 0.4) is 0 Å². The van der Waals surface area contributed by atoms with Gasteiger partial charge in [0.15, 0.2) is 0 Å². The van der Waals surface area contributed by atoms with Crippen LogP contribution in [0.2, 0.25) is 0 Å². The van der Waals surface area contributed by atoms with E-state index in [0.717, 1.165) is 0 Å². The van der Waals surface area contributed by atoms with E-state index in [2.05, 4.69) is 5.32 Å². The number of primary amides is 1. The van der Waals surface area contributed by atoms with Gasteiger partial charge >= 0.3 is 0 Å². The lowest BCUT2D eigenvalue weighted by Gasteiger charge is -2.17. The first-order valence-electron chi connectivity index (χ1n) is 4.87. The summed E-state index contributed by atoms with van der Waals surface area (Å²) in [5.41, 5.74) is 5.13. The number of rotatable bonds is 5. The van der Waals surface area contributed by atoms with Gasteiger partial charge in [0.2, 0.25) is 11.8 Å². The summed E-state index contributed by atoms with van der Waals surface area (Å²) in [5, 5.41) is 11.1. The smallest absolute Gasteiger partial charge is 0.240 e. The summed E-state index contributed by atoms with van der Waals surface area (Å²) in [5.74, 6) is -1.35. The van der Waals surface area contributed by atoms with E-state index >= 15 is 0 Å². The molecule has 84 valence electrons. The molecule has 2 amide bonds. The molecule has 0 aliphatic heterocycles. The Morgan fingerprint density at radius 3 is 2.27 bits per heavy atom. The van der Waals surface area contributed by atoms with Gasteiger partial charge in [-0.15, -0.1) is 0 Å². The molecule has 0 aliphatic rings. The molecule has 0 saturated heterocycles. The molecule has 0 fully saturated rings. The number of hydrogen-bond donors (Lipinski definition) is 2. The van der Waals surface area contributed by atoms with Crippen molar-refractivity contribution in [2.45, 2.75) is 33.2 Å². The van der Waals surface area contributed by atoms with Crippen LogP contribution in [-0.4, -0.2) is 17.9 Å². The average molecular weight is 211 g/mol. The van der Waals surface area contributed by atoms with E-state index in [1.165, 1.54) is 0 Å². The molecule has 2 atom stereocenters. The normalized spacial score (nSPS) is 14.1. The van der Waals surface area contributed by atoms with Crippen LogP contribution in [0.15, 0.2) is 0 Å². The van der Waals surface area contributed by atoms with Crippen LogP contribution >= 0.6 is 0 Å². The largest absolute Gasteiger partial charge is 0.368 e. The minimum Gasteiger partial charge on any atom is -0.368 e. The Kier molecular flexibility index (Phi) is 5.39. The number of nitriles is 1. The van der Waals surface area contributed by atoms with Gasteiger partial charge < -0.3 is 11.1 Å². The van der Waals surface area contributed by atoms with Crippen LogP contribution in [0.1, 0.15) is 27.2 Å². The molecule has 0 aromatic heterocycles. The zero-order valence-electron chi connectivity index (χ0n) is 9.28. The van der Waals surface area contributed by atoms with Crippen molar-refractivity contribution < 1.29 is 9.59 Å². The highest BCUT2D eigenvalue weighted by molar-refractivity contribution is 5.87. The lowest BCUT2D eigenvalue weighted by atomic mass is 10.0. The van der Waals surface area contributed by atoms with Crippen molar-refractivity contribution in [2.24, 2.45) is 17.6 Å². The zero-order chi connectivity index (χ0) is 12.0. The predicted molar refractivity (Wildman–Crippen MR) is 55.4 cm³/mol. The second-order valence-corrected chi connectivity index (χ2v) is 3.88. The van der Waals surface area contributed by atoms with Gasteiger partial charge in [-0.3, -0.25) is 9.59 Å². The quantitative estimate of drug-likeness (QED) is 0.678. The van der Waals surface area contributed by atoms with Gasteiger partial charge in [0.25, 0.3) is 0 Å². The van der Waals surface area contributed by atoms with Gasteiger partial charge in [0.1, 0.15) is 6.04 Å². The highest BCUT2D eigenvalue weighted by Crippen LogP contribution is 2.05. The monoisotopic (exact) mass is 211 g/mol. The van der Waals surface area contributed by atoms with E-state index in [1.807, 2.05) is 6.07 Å². The number of nitrogens with two attached hydrogens (primary N) is 1. The number of amides is 2. The third-order valence-corrected chi connectivity index (χ3v) is 1.99. The number of nitrogens with one attached hydrogen (secondary N) is 1. The maximum atomic E-state index is 11.3. The Balaban J connectivity index is 4.37. The van der Waals surface area contributed by atoms with Crippen molar-refractivity contribution in [3.05, 3.63) is 0 Å². The molecule has 15 heavy (non-hydrogen) atoms. The molecule has 5 heteroatoms. The van der Waals surface area contributed by atoms with Crippen molar-refractivity contribution in [1.82, 2.24) is 5.32 Å². The van der Waals surface area contributed by atoms with Crippen LogP contribution in [0.25, 0.3) is 0 Å². The van der Waals surface area contributed by atoms with Crippen molar-refractivity contribution in [3.8, 4) is 6.07 Å². The van der Waals surface area contributed by atoms with E-state index in [1.54, 1.807) is 20.8 Å². The molecule has 0 saturated carbocycles. The highest BCUT2D eigenvalue weighted by Gasteiger charge is 2.21. The number of hydrogen-bond acceptors (Lipinski definition) is 3. The predicted octanol–water partition coefficient (Wildman–Crippen LogP) is 0.162. The number of carbonyl (C=O) groups is 2. The number of nitrogens with zero attached hydrogens (tertiary/aromatic N) is 1. The second kappa shape index (κ2) is 6.02. The lowest BCUT2D eigenvalue weighted by Crippen LogP contribution is -2.46. The van der Waals surface area contributed by atoms with Crippen molar-refractivity contribution in [1.29, 1.82) is 5.26 Å². The Bertz CT molecular complexity index is 281. The summed E-state index contributed by atoms with van der Waals surface area (Å²) in [6.07, 6.45) is 0.254. The summed E-state index contributed by atoms with van der Waals surface area (Å²) >= 11 is 0. The van der Waals surface area contributed by atoms with E-state index in [4.69, 9.17) is 11.0 Å². The highest BCUT2D eigenvalue weighted by atomic mass is 16.2. The third kappa shape index (κ3) is 5.01. The van der Waals surface area contributed by atoms with E-state index in [-0.39, 0.29) is 24.2 Å². The molecule has 5 nitrogen and oxygen atoms in total. The maximum absolute atomic E-state index is 11.3. The van der Waals surface area contributed by atoms with Gasteiger partial charge in [-0.1, -0.05) is 13.8 Å². The summed E-state index contributed by atoms with van der Waals surface area (Å²) in [6.45, 7) is 5.12. The molecule has 0 unspecified atom stereocenters. The van der Waals surface area contributed by atoms with E-state index in [0.29, 0.717) is 0 Å². The minimum absolute atomic E-state index is 0.204. The summed E-state index contributed by atoms with van der Waals surface area (Å²) in [4.78, 5) is 22.3. The fourth-order valence-electron chi connectivity index (χ4n) is 0.991. The topological polar surface area (TPSA) is 96.0 Å². The lowest BCUT2D eigenvalue weighted by molar-refractivity contribution is -0.129. The Morgan fingerprint density at radius 2 is 1.93 bits per heavy atom. The SMILES string of the molecule is CC(C)C(=O)N[C@H](C[C@@H](C)C#N)C(N)=O. The molecule has 0 rings (SSSR count). The summed E-state index contributed by atoms with van der Waals surface area (Å²) < 4.78 is 0. The van der Waals surface area contributed by atoms with Gasteiger partial charge in [-0.05, 0) is 13.3 Å². The molecule has 0 heterocycles. The van der Waals surface area contributed by atoms with Crippen molar-refractivity contribution >= 4 is 11.8 Å². The van der Waals surface area contributed by atoms with Crippen LogP contribution in [0.5, 0.6) is 0 Å². The third-order valence-electron chi connectivity index (χ3n) is 1.99. The van der Waals surface area contributed by atoms with Gasteiger partial charge in [-0.25, -0.2) is 0 Å². The fraction of sp³-hybridized carbons (Fsp3) is 0.700. The fourth-order valence-corrected chi connectivity index (χ4v) is 0.991. The van der Waals surface area contributed by atoms with Gasteiger partial charge in [0.05, 0.1) is 6.07 Å². The van der Waals surface area contributed by atoms with Gasteiger partial charge in [-0.2, -0.15) is 5.26 Å². The molecule has 3 N–H and O–H groups in total. The Hall–Kier alpha value is -1.57. The first kappa shape index (κ1) is 13.4. The molecule has 0 spiro atoms. The Labute approximate surface area is 89.6 Å². The minimum atomic E-state index is -0.755. The van der Waals surface area contributed by atoms with Crippen LogP contribution in [-0.2, 0) is 9.59 Å². The van der Waals surface area contributed by atoms with E-state index in [9.17, 15) is 9.59 Å². The summed E-state index contributed by atoms with van der Waals surface area (Å²) in [7, 11) is 0. The standard InChI is InChI=1S/C10H17N3O2/c1-6(2)10(15)13-8(9(12)14)4-7(3)5-11/h6-8H,4H2,1-3H3,(H2,12,14)(H,13,15)/t7-,8-/m1/s1. The van der Waals surface area contributed by atoms with Crippen molar-refractivity contribution in [3.63, 3.8) is 0 Å². The average Bonchev–Trinajstić information content (AvgIpc) is 2.15. The molecule has 0 aromatic carbocycles. The van der Waals surface area contributed by atoms with Crippen LogP contribution < -0.4 is 11.1 Å². The molecular weight excluding hydrogens is 194 g/mol. The van der Waals surface area contributed by atoms with Gasteiger partial charge in [0, 0.05) is 11.8 Å². The molecular formula is C10H17N3O2. The molecule has 0 aromatic rings. The molecule has 0 aliphatic carbocycles. The van der Waals surface area contributed by atoms with E-state index < -0.39 is 11.9 Å². The first-order chi connectivity index (χ1) is 6.88. The Morgan fingerprint density at radius 1 is 1.40 bits per heavy atom. The molecule has 0 radical (unpaired) electrons. The van der Waals surface area contributed by atoms with Crippen molar-refractivity contribution in [2.75, 3.05) is 0 Å². The first-order valence-corrected chi connectivity index (χ1v) is 4.87. The zero-order valence-corrected chi connectivity index (χ0v) is 9.28. The van der Waals surface area contributed by atoms with Crippen LogP contribution in [0.4, 0.5) is 0 Å². The number of carbonyl (C=O) groups excluding carboxylic acids is 2. The molecule has 0 bridgehead atoms. The summed E-state index contributed by atoms with van der Waals surface area (Å²) in [6, 6.07) is 1.24. The van der Waals surface area contributed by atoms with Crippen LogP contribution in [0, 0.1) is 23.2 Å².